The molecule has 0 saturated heterocycles. The Morgan fingerprint density at radius 1 is 1.07 bits per heavy atom. The van der Waals surface area contributed by atoms with E-state index in [0.29, 0.717) is 17.0 Å². The van der Waals surface area contributed by atoms with Gasteiger partial charge in [0.25, 0.3) is 0 Å². The van der Waals surface area contributed by atoms with Crippen LogP contribution in [-0.2, 0) is 7.05 Å². The predicted octanol–water partition coefficient (Wildman–Crippen LogP) is 2.76. The number of nitrogens with zero attached hydrogens (tertiary/aromatic N) is 4. The second-order valence-corrected chi connectivity index (χ2v) is 7.03. The lowest BCUT2D eigenvalue weighted by Gasteiger charge is -2.10. The lowest BCUT2D eigenvalue weighted by molar-refractivity contribution is 0.357. The van der Waals surface area contributed by atoms with Crippen LogP contribution < -0.4 is 5.69 Å². The van der Waals surface area contributed by atoms with Crippen molar-refractivity contribution in [3.8, 4) is 17.1 Å². The topological polar surface area (TPSA) is 96.8 Å². The molecule has 0 amide bonds. The Hall–Kier alpha value is -3.58. The van der Waals surface area contributed by atoms with Gasteiger partial charge in [0.1, 0.15) is 11.2 Å². The summed E-state index contributed by atoms with van der Waals surface area (Å²) in [6, 6.07) is 15.3. The Kier molecular flexibility index (Phi) is 4.60. The molecule has 2 aromatic carbocycles. The fraction of sp³-hybridized carbons (Fsp3) is 0.182. The highest BCUT2D eigenvalue weighted by molar-refractivity contribution is 6.06. The molecule has 2 N–H and O–H groups in total. The molecule has 0 aliphatic carbocycles. The van der Waals surface area contributed by atoms with Gasteiger partial charge in [-0.05, 0) is 25.5 Å². The molecule has 0 saturated carbocycles. The normalized spacial score (nSPS) is 11.2. The van der Waals surface area contributed by atoms with Crippen molar-refractivity contribution in [2.45, 2.75) is 13.8 Å². The third kappa shape index (κ3) is 3.05. The molecular weight excluding hydrogens is 366 g/mol. The van der Waals surface area contributed by atoms with Gasteiger partial charge in [0.2, 0.25) is 0 Å². The summed E-state index contributed by atoms with van der Waals surface area (Å²) in [5.41, 5.74) is 4.26. The van der Waals surface area contributed by atoms with Crippen LogP contribution in [-0.4, -0.2) is 36.5 Å². The second-order valence-electron chi connectivity index (χ2n) is 7.03. The van der Waals surface area contributed by atoms with Crippen molar-refractivity contribution >= 4 is 16.9 Å². The van der Waals surface area contributed by atoms with Crippen LogP contribution in [0.25, 0.3) is 28.2 Å². The minimum atomic E-state index is -0.483. The Labute approximate surface area is 167 Å². The molecule has 29 heavy (non-hydrogen) atoms. The molecule has 4 aromatic rings. The number of para-hydroxylation sites is 1. The smallest absolute Gasteiger partial charge is 0.334 e. The van der Waals surface area contributed by atoms with Gasteiger partial charge in [0.15, 0.2) is 11.5 Å². The van der Waals surface area contributed by atoms with E-state index in [0.717, 1.165) is 22.4 Å². The number of hydrogen-bond donors (Lipinski definition) is 2. The summed E-state index contributed by atoms with van der Waals surface area (Å²) in [6.07, 6.45) is 0. The van der Waals surface area contributed by atoms with Crippen molar-refractivity contribution in [3.63, 3.8) is 0 Å². The maximum absolute atomic E-state index is 13.1. The average molecular weight is 387 g/mol. The molecule has 0 unspecified atom stereocenters. The number of aliphatic hydroxyl groups excluding tert-OH is 1. The van der Waals surface area contributed by atoms with Gasteiger partial charge in [-0.25, -0.2) is 19.3 Å². The Morgan fingerprint density at radius 2 is 1.76 bits per heavy atom. The highest BCUT2D eigenvalue weighted by atomic mass is 16.3. The van der Waals surface area contributed by atoms with Gasteiger partial charge >= 0.3 is 5.69 Å². The van der Waals surface area contributed by atoms with Crippen molar-refractivity contribution in [2.24, 2.45) is 7.05 Å². The largest absolute Gasteiger partial charge is 0.390 e. The summed E-state index contributed by atoms with van der Waals surface area (Å²) in [5, 5.41) is 17.8. The van der Waals surface area contributed by atoms with Crippen LogP contribution >= 0.6 is 0 Å². The van der Waals surface area contributed by atoms with Crippen LogP contribution in [0.3, 0.4) is 0 Å². The number of rotatable bonds is 4. The summed E-state index contributed by atoms with van der Waals surface area (Å²) >= 11 is 0. The third-order valence-electron chi connectivity index (χ3n) is 5.00. The van der Waals surface area contributed by atoms with Crippen LogP contribution in [0.1, 0.15) is 16.8 Å². The molecule has 0 aliphatic heterocycles. The summed E-state index contributed by atoms with van der Waals surface area (Å²) in [7, 11) is 1.63. The first-order valence-corrected chi connectivity index (χ1v) is 9.23. The number of benzene rings is 2. The van der Waals surface area contributed by atoms with Gasteiger partial charge in [-0.2, -0.15) is 0 Å². The lowest BCUT2D eigenvalue weighted by Crippen LogP contribution is -2.21. The first kappa shape index (κ1) is 18.8. The molecule has 0 radical (unpaired) electrons. The molecule has 2 aromatic heterocycles. The zero-order valence-electron chi connectivity index (χ0n) is 16.5. The quantitative estimate of drug-likeness (QED) is 0.526. The second kappa shape index (κ2) is 7.10. The van der Waals surface area contributed by atoms with Crippen LogP contribution in [0.15, 0.2) is 53.3 Å². The molecular formula is C22H21N5O2. The average Bonchev–Trinajstić information content (AvgIpc) is 2.98. The molecule has 0 aliphatic rings. The summed E-state index contributed by atoms with van der Waals surface area (Å²) < 4.78 is 2.97. The van der Waals surface area contributed by atoms with E-state index in [2.05, 4.69) is 4.98 Å². The van der Waals surface area contributed by atoms with Gasteiger partial charge in [-0.15, -0.1) is 0 Å². The van der Waals surface area contributed by atoms with Crippen molar-refractivity contribution in [3.05, 3.63) is 75.8 Å². The van der Waals surface area contributed by atoms with E-state index in [4.69, 9.17) is 10.4 Å². The fourth-order valence-corrected chi connectivity index (χ4v) is 3.39. The highest BCUT2D eigenvalue weighted by Crippen LogP contribution is 2.24. The SMILES string of the molecule is Cc1ccc(-c2nc(C(=N)CO)c3c(n2)n(-c2ccccc2C)c(=O)n3C)cc1. The maximum atomic E-state index is 13.1. The number of fused-ring (bicyclic) bond motifs is 1. The molecule has 0 atom stereocenters. The highest BCUT2D eigenvalue weighted by Gasteiger charge is 2.22. The Morgan fingerprint density at radius 3 is 2.41 bits per heavy atom. The Bertz CT molecular complexity index is 1300. The van der Waals surface area contributed by atoms with Crippen LogP contribution in [0.2, 0.25) is 0 Å². The molecule has 4 rings (SSSR count). The molecule has 7 heteroatoms. The van der Waals surface area contributed by atoms with E-state index < -0.39 is 6.61 Å². The summed E-state index contributed by atoms with van der Waals surface area (Å²) in [6.45, 7) is 3.44. The van der Waals surface area contributed by atoms with Crippen LogP contribution in [0.5, 0.6) is 0 Å². The minimum absolute atomic E-state index is 0.0664. The van der Waals surface area contributed by atoms with Gasteiger partial charge in [0.05, 0.1) is 18.0 Å². The number of imidazole rings is 1. The molecule has 0 spiro atoms. The van der Waals surface area contributed by atoms with Gasteiger partial charge < -0.3 is 10.5 Å². The first-order valence-electron chi connectivity index (χ1n) is 9.23. The number of aromatic nitrogens is 4. The lowest BCUT2D eigenvalue weighted by atomic mass is 10.1. The number of aliphatic hydroxyl groups is 1. The van der Waals surface area contributed by atoms with E-state index in [1.165, 1.54) is 9.13 Å². The van der Waals surface area contributed by atoms with Crippen molar-refractivity contribution in [1.82, 2.24) is 19.1 Å². The maximum Gasteiger partial charge on any atom is 0.334 e. The standard InChI is InChI=1S/C22H21N5O2/c1-13-8-10-15(11-9-13)20-24-18(16(23)12-28)19-21(25-20)27(22(29)26(19)3)17-7-5-4-6-14(17)2/h4-11,23,28H,12H2,1-3H3. The number of aryl methyl sites for hydroxylation is 3. The van der Waals surface area contributed by atoms with E-state index >= 15 is 0 Å². The van der Waals surface area contributed by atoms with E-state index in [1.54, 1.807) is 7.05 Å². The van der Waals surface area contributed by atoms with Crippen LogP contribution in [0.4, 0.5) is 0 Å². The monoisotopic (exact) mass is 387 g/mol. The van der Waals surface area contributed by atoms with E-state index in [-0.39, 0.29) is 17.1 Å². The van der Waals surface area contributed by atoms with E-state index in [1.807, 2.05) is 62.4 Å². The van der Waals surface area contributed by atoms with Gasteiger partial charge in [-0.1, -0.05) is 48.0 Å². The third-order valence-corrected chi connectivity index (χ3v) is 5.00. The Balaban J connectivity index is 2.13. The molecule has 0 fully saturated rings. The summed E-state index contributed by atoms with van der Waals surface area (Å²) in [5.74, 6) is 0.402. The van der Waals surface area contributed by atoms with E-state index in [9.17, 15) is 9.90 Å². The predicted molar refractivity (Wildman–Crippen MR) is 113 cm³/mol. The molecule has 7 nitrogen and oxygen atoms in total. The van der Waals surface area contributed by atoms with Crippen molar-refractivity contribution < 1.29 is 5.11 Å². The van der Waals surface area contributed by atoms with Gasteiger partial charge in [-0.3, -0.25) is 4.57 Å². The van der Waals surface area contributed by atoms with Crippen molar-refractivity contribution in [1.29, 1.82) is 5.41 Å². The number of nitrogens with one attached hydrogen (secondary N) is 1. The summed E-state index contributed by atoms with van der Waals surface area (Å²) in [4.78, 5) is 22.4. The first-order chi connectivity index (χ1) is 13.9. The molecule has 2 heterocycles. The zero-order valence-corrected chi connectivity index (χ0v) is 16.5. The van der Waals surface area contributed by atoms with Crippen LogP contribution in [0, 0.1) is 19.3 Å². The van der Waals surface area contributed by atoms with Gasteiger partial charge in [0, 0.05) is 12.6 Å². The fourth-order valence-electron chi connectivity index (χ4n) is 3.39. The van der Waals surface area contributed by atoms with Crippen molar-refractivity contribution in [2.75, 3.05) is 6.61 Å². The molecule has 0 bridgehead atoms. The zero-order chi connectivity index (χ0) is 20.7. The number of hydrogen-bond acceptors (Lipinski definition) is 5. The minimum Gasteiger partial charge on any atom is -0.390 e. The molecule has 146 valence electrons.